The second-order valence-electron chi connectivity index (χ2n) is 15.7. The molecule has 4 fully saturated rings. The minimum atomic E-state index is 0.0203. The fraction of sp³-hybridized carbons (Fsp3) is 0.234. The minimum absolute atomic E-state index is 0.0203. The molecule has 0 N–H and O–H groups in total. The Morgan fingerprint density at radius 2 is 1.33 bits per heavy atom. The van der Waals surface area contributed by atoms with E-state index in [1.165, 1.54) is 59.5 Å². The number of aryl methyl sites for hydroxylation is 1. The monoisotopic (exact) mass is 677 g/mol. The summed E-state index contributed by atoms with van der Waals surface area (Å²) in [5.74, 6) is 5.69. The molecule has 3 heterocycles. The molecule has 5 aromatic carbocycles. The van der Waals surface area contributed by atoms with E-state index in [1.807, 2.05) is 6.07 Å². The second kappa shape index (κ2) is 11.4. The predicted molar refractivity (Wildman–Crippen MR) is 207 cm³/mol. The maximum Gasteiger partial charge on any atom is 0.249 e. The maximum absolute atomic E-state index is 6.66. The highest BCUT2D eigenvalue weighted by Gasteiger charge is 2.58. The number of rotatable bonds is 6. The molecule has 0 spiro atoms. The second-order valence-corrected chi connectivity index (χ2v) is 15.7. The number of ether oxygens (including phenoxy) is 1. The van der Waals surface area contributed by atoms with Crippen LogP contribution in [-0.2, 0) is 12.5 Å². The average molecular weight is 678 g/mol. The first-order chi connectivity index (χ1) is 25.6. The first-order valence-corrected chi connectivity index (χ1v) is 18.9. The van der Waals surface area contributed by atoms with Crippen molar-refractivity contribution in [3.05, 3.63) is 157 Å². The van der Waals surface area contributed by atoms with E-state index in [2.05, 4.69) is 161 Å². The quantitative estimate of drug-likeness (QED) is 0.164. The van der Waals surface area contributed by atoms with Crippen molar-refractivity contribution in [2.45, 2.75) is 37.5 Å². The van der Waals surface area contributed by atoms with Crippen LogP contribution >= 0.6 is 0 Å². The highest BCUT2D eigenvalue weighted by molar-refractivity contribution is 6.09. The van der Waals surface area contributed by atoms with Gasteiger partial charge in [0, 0.05) is 34.5 Å². The van der Waals surface area contributed by atoms with Gasteiger partial charge in [-0.1, -0.05) is 66.7 Å². The van der Waals surface area contributed by atoms with Crippen LogP contribution in [0.5, 0.6) is 11.5 Å². The lowest BCUT2D eigenvalue weighted by Crippen LogP contribution is -2.56. The zero-order valence-electron chi connectivity index (χ0n) is 29.4. The van der Waals surface area contributed by atoms with Gasteiger partial charge in [0.15, 0.2) is 11.0 Å². The first kappa shape index (κ1) is 30.0. The lowest BCUT2D eigenvalue weighted by Gasteiger charge is -2.62. The van der Waals surface area contributed by atoms with E-state index in [-0.39, 0.29) is 5.41 Å². The molecule has 254 valence electrons. The number of benzene rings is 5. The van der Waals surface area contributed by atoms with E-state index in [9.17, 15) is 0 Å². The third-order valence-corrected chi connectivity index (χ3v) is 12.9. The third-order valence-electron chi connectivity index (χ3n) is 12.9. The van der Waals surface area contributed by atoms with Crippen molar-refractivity contribution in [3.63, 3.8) is 0 Å². The molecule has 4 saturated carbocycles. The normalized spacial score (nSPS) is 23.6. The molecule has 12 rings (SSSR count). The standard InChI is InChI=1S/C47H41N4O/c1-49-30-50(44-17-8-7-16-43(44)49)37-12-9-13-38(28-37)52-39-18-19-41-40-14-5-6-15-42(40)51(45(41)29-39)46-27-34(20-21-48-46)47(33-10-3-2-4-11-33)35-23-31-22-32(25-35)26-36(47)24-31/h2-21,27-32,35-36H,22-26H2,1H3/q+1. The number of hydrogen-bond donors (Lipinski definition) is 0. The lowest BCUT2D eigenvalue weighted by molar-refractivity contribution is -0.645. The highest BCUT2D eigenvalue weighted by atomic mass is 16.5. The maximum atomic E-state index is 6.66. The van der Waals surface area contributed by atoms with Gasteiger partial charge in [0.2, 0.25) is 6.33 Å². The topological polar surface area (TPSA) is 35.9 Å². The molecule has 0 atom stereocenters. The van der Waals surface area contributed by atoms with Gasteiger partial charge in [-0.25, -0.2) is 9.55 Å². The Morgan fingerprint density at radius 1 is 0.615 bits per heavy atom. The lowest BCUT2D eigenvalue weighted by atomic mass is 9.42. The summed E-state index contributed by atoms with van der Waals surface area (Å²) in [5, 5.41) is 2.42. The molecule has 0 radical (unpaired) electrons. The van der Waals surface area contributed by atoms with Crippen LogP contribution < -0.4 is 9.30 Å². The number of nitrogens with zero attached hydrogens (tertiary/aromatic N) is 4. The van der Waals surface area contributed by atoms with Crippen molar-refractivity contribution >= 4 is 32.8 Å². The van der Waals surface area contributed by atoms with Crippen LogP contribution in [0, 0.1) is 23.7 Å². The van der Waals surface area contributed by atoms with Crippen LogP contribution in [0.25, 0.3) is 44.3 Å². The largest absolute Gasteiger partial charge is 0.457 e. The van der Waals surface area contributed by atoms with Gasteiger partial charge in [-0.05, 0) is 121 Å². The number of hydrogen-bond acceptors (Lipinski definition) is 2. The summed E-state index contributed by atoms with van der Waals surface area (Å²) in [5.41, 5.74) is 8.60. The Hall–Kier alpha value is -5.68. The van der Waals surface area contributed by atoms with Crippen molar-refractivity contribution in [3.8, 4) is 23.0 Å². The molecule has 5 nitrogen and oxygen atoms in total. The number of pyridine rings is 1. The molecule has 3 aromatic heterocycles. The fourth-order valence-corrected chi connectivity index (χ4v) is 11.1. The van der Waals surface area contributed by atoms with Crippen molar-refractivity contribution in [2.24, 2.45) is 30.7 Å². The number of fused-ring (bicyclic) bond motifs is 4. The molecular weight excluding hydrogens is 637 g/mol. The Kier molecular flexibility index (Phi) is 6.58. The van der Waals surface area contributed by atoms with Gasteiger partial charge in [-0.3, -0.25) is 4.57 Å². The number of imidazole rings is 1. The number of para-hydroxylation sites is 3. The van der Waals surface area contributed by atoms with Gasteiger partial charge < -0.3 is 4.74 Å². The molecule has 4 bridgehead atoms. The van der Waals surface area contributed by atoms with Crippen LogP contribution in [0.15, 0.2) is 146 Å². The predicted octanol–water partition coefficient (Wildman–Crippen LogP) is 10.5. The molecule has 0 amide bonds. The molecule has 8 aromatic rings. The SMILES string of the molecule is C[n+]1cn(-c2cccc(Oc3ccc4c5ccccc5n(-c5cc(C6(c7ccccc7)C7CC8CC(C7)CC6C8)ccn5)c4c3)c2)c2ccccc21. The Morgan fingerprint density at radius 3 is 2.15 bits per heavy atom. The van der Waals surface area contributed by atoms with Crippen LogP contribution in [0.2, 0.25) is 0 Å². The van der Waals surface area contributed by atoms with Gasteiger partial charge in [-0.2, -0.15) is 4.57 Å². The molecule has 0 unspecified atom stereocenters. The van der Waals surface area contributed by atoms with Crippen LogP contribution in [0.1, 0.15) is 43.2 Å². The minimum Gasteiger partial charge on any atom is -0.457 e. The van der Waals surface area contributed by atoms with Crippen molar-refractivity contribution in [2.75, 3.05) is 0 Å². The summed E-state index contributed by atoms with van der Waals surface area (Å²) in [6, 6.07) is 48.3. The van der Waals surface area contributed by atoms with E-state index >= 15 is 0 Å². The van der Waals surface area contributed by atoms with Crippen molar-refractivity contribution < 1.29 is 9.30 Å². The van der Waals surface area contributed by atoms with E-state index in [0.29, 0.717) is 11.8 Å². The summed E-state index contributed by atoms with van der Waals surface area (Å²) in [7, 11) is 2.09. The molecule has 5 heteroatoms. The summed E-state index contributed by atoms with van der Waals surface area (Å²) in [6.45, 7) is 0. The molecule has 0 saturated heterocycles. The molecule has 0 aliphatic heterocycles. The summed E-state index contributed by atoms with van der Waals surface area (Å²) in [4.78, 5) is 5.12. The molecule has 4 aliphatic rings. The Bertz CT molecular complexity index is 2620. The molecular formula is C47H41N4O+. The van der Waals surface area contributed by atoms with E-state index in [4.69, 9.17) is 9.72 Å². The molecule has 4 aliphatic carbocycles. The zero-order valence-corrected chi connectivity index (χ0v) is 29.4. The fourth-order valence-electron chi connectivity index (χ4n) is 11.1. The van der Waals surface area contributed by atoms with E-state index in [1.54, 1.807) is 0 Å². The van der Waals surface area contributed by atoms with Crippen LogP contribution in [-0.4, -0.2) is 14.1 Å². The highest BCUT2D eigenvalue weighted by Crippen LogP contribution is 2.65. The zero-order chi connectivity index (χ0) is 34.4. The molecule has 52 heavy (non-hydrogen) atoms. The number of aromatic nitrogens is 4. The van der Waals surface area contributed by atoms with Gasteiger partial charge in [0.1, 0.15) is 23.0 Å². The third kappa shape index (κ3) is 4.41. The van der Waals surface area contributed by atoms with E-state index in [0.717, 1.165) is 51.4 Å². The smallest absolute Gasteiger partial charge is 0.249 e. The van der Waals surface area contributed by atoms with Crippen molar-refractivity contribution in [1.29, 1.82) is 0 Å². The van der Waals surface area contributed by atoms with Gasteiger partial charge >= 0.3 is 0 Å². The first-order valence-electron chi connectivity index (χ1n) is 18.9. The summed E-state index contributed by atoms with van der Waals surface area (Å²) < 4.78 is 13.4. The van der Waals surface area contributed by atoms with Gasteiger partial charge in [0.25, 0.3) is 0 Å². The summed E-state index contributed by atoms with van der Waals surface area (Å²) in [6.07, 6.45) is 11.0. The Balaban J connectivity index is 1.03. The average Bonchev–Trinajstić information content (AvgIpc) is 3.69. The van der Waals surface area contributed by atoms with Gasteiger partial charge in [-0.15, -0.1) is 0 Å². The Labute approximate surface area is 303 Å². The van der Waals surface area contributed by atoms with Crippen LogP contribution in [0.4, 0.5) is 0 Å². The summed E-state index contributed by atoms with van der Waals surface area (Å²) >= 11 is 0. The van der Waals surface area contributed by atoms with Gasteiger partial charge in [0.05, 0.1) is 18.1 Å². The van der Waals surface area contributed by atoms with Crippen LogP contribution in [0.3, 0.4) is 0 Å². The van der Waals surface area contributed by atoms with E-state index < -0.39 is 0 Å². The van der Waals surface area contributed by atoms with Crippen molar-refractivity contribution in [1.82, 2.24) is 14.1 Å².